The zero-order valence-electron chi connectivity index (χ0n) is 11.7. The van der Waals surface area contributed by atoms with Crippen LogP contribution in [0.15, 0.2) is 24.3 Å². The third kappa shape index (κ3) is 4.32. The van der Waals surface area contributed by atoms with Crippen LogP contribution in [0.1, 0.15) is 36.8 Å². The van der Waals surface area contributed by atoms with Gasteiger partial charge in [-0.1, -0.05) is 36.2 Å². The van der Waals surface area contributed by atoms with Crippen LogP contribution in [0.3, 0.4) is 0 Å². The summed E-state index contributed by atoms with van der Waals surface area (Å²) < 4.78 is 23.2. The average molecular weight is 281 g/mol. The quantitative estimate of drug-likeness (QED) is 0.922. The summed E-state index contributed by atoms with van der Waals surface area (Å²) in [5, 5.41) is 3.34. The lowest BCUT2D eigenvalue weighted by Gasteiger charge is -2.28. The van der Waals surface area contributed by atoms with Gasteiger partial charge in [-0.2, -0.15) is 0 Å². The fourth-order valence-electron chi connectivity index (χ4n) is 2.69. The van der Waals surface area contributed by atoms with E-state index in [1.807, 2.05) is 0 Å². The minimum absolute atomic E-state index is 0.156. The van der Waals surface area contributed by atoms with Crippen molar-refractivity contribution in [1.29, 1.82) is 0 Å². The molecule has 0 radical (unpaired) electrons. The topological polar surface area (TPSA) is 46.2 Å². The van der Waals surface area contributed by atoms with E-state index in [1.54, 1.807) is 0 Å². The van der Waals surface area contributed by atoms with Crippen molar-refractivity contribution in [2.75, 3.05) is 6.26 Å². The standard InChI is InChI=1S/C15H23NO2S/c1-12-6-8-13(9-7-12)11-16-14-4-3-5-15(10-14)19(2,17)18/h6-9,14-16H,3-5,10-11H2,1-2H3. The highest BCUT2D eigenvalue weighted by molar-refractivity contribution is 7.91. The molecular formula is C15H23NO2S. The molecule has 0 aromatic heterocycles. The van der Waals surface area contributed by atoms with Gasteiger partial charge in [0, 0.05) is 18.8 Å². The lowest BCUT2D eigenvalue weighted by atomic mass is 9.95. The first-order valence-electron chi connectivity index (χ1n) is 6.93. The van der Waals surface area contributed by atoms with E-state index in [0.29, 0.717) is 6.04 Å². The van der Waals surface area contributed by atoms with E-state index in [4.69, 9.17) is 0 Å². The predicted octanol–water partition coefficient (Wildman–Crippen LogP) is 2.44. The van der Waals surface area contributed by atoms with Crippen molar-refractivity contribution < 1.29 is 8.42 Å². The molecule has 0 amide bonds. The van der Waals surface area contributed by atoms with Crippen LogP contribution in [-0.4, -0.2) is 26.0 Å². The molecule has 19 heavy (non-hydrogen) atoms. The Hall–Kier alpha value is -0.870. The molecular weight excluding hydrogens is 258 g/mol. The van der Waals surface area contributed by atoms with E-state index in [9.17, 15) is 8.42 Å². The highest BCUT2D eigenvalue weighted by Crippen LogP contribution is 2.24. The molecule has 0 aliphatic heterocycles. The van der Waals surface area contributed by atoms with Crippen LogP contribution in [0.25, 0.3) is 0 Å². The molecule has 3 nitrogen and oxygen atoms in total. The van der Waals surface area contributed by atoms with Crippen LogP contribution in [0, 0.1) is 6.92 Å². The SMILES string of the molecule is Cc1ccc(CNC2CCCC(S(C)(=O)=O)C2)cc1. The maximum absolute atomic E-state index is 11.6. The van der Waals surface area contributed by atoms with Crippen LogP contribution in [0.5, 0.6) is 0 Å². The van der Waals surface area contributed by atoms with Crippen LogP contribution in [0.4, 0.5) is 0 Å². The lowest BCUT2D eigenvalue weighted by Crippen LogP contribution is -2.38. The summed E-state index contributed by atoms with van der Waals surface area (Å²) in [5.74, 6) is 0. The molecule has 2 unspecified atom stereocenters. The lowest BCUT2D eigenvalue weighted by molar-refractivity contribution is 0.371. The number of nitrogens with one attached hydrogen (secondary N) is 1. The van der Waals surface area contributed by atoms with Crippen LogP contribution < -0.4 is 5.32 Å². The predicted molar refractivity (Wildman–Crippen MR) is 78.9 cm³/mol. The third-order valence-corrected chi connectivity index (χ3v) is 5.59. The second-order valence-electron chi connectivity index (χ2n) is 5.68. The van der Waals surface area contributed by atoms with Gasteiger partial charge in [0.2, 0.25) is 0 Å². The second-order valence-corrected chi connectivity index (χ2v) is 8.01. The Morgan fingerprint density at radius 2 is 1.89 bits per heavy atom. The third-order valence-electron chi connectivity index (χ3n) is 3.95. The highest BCUT2D eigenvalue weighted by Gasteiger charge is 2.28. The molecule has 106 valence electrons. The van der Waals surface area contributed by atoms with Crippen molar-refractivity contribution in [2.45, 2.75) is 50.4 Å². The minimum Gasteiger partial charge on any atom is -0.310 e. The maximum Gasteiger partial charge on any atom is 0.150 e. The van der Waals surface area contributed by atoms with Crippen LogP contribution in [-0.2, 0) is 16.4 Å². The molecule has 0 bridgehead atoms. The molecule has 1 aliphatic carbocycles. The van der Waals surface area contributed by atoms with Crippen molar-refractivity contribution in [1.82, 2.24) is 5.32 Å². The molecule has 0 spiro atoms. The Kier molecular flexibility index (Phi) is 4.63. The highest BCUT2D eigenvalue weighted by atomic mass is 32.2. The number of hydrogen-bond acceptors (Lipinski definition) is 3. The second kappa shape index (κ2) is 6.06. The molecule has 1 N–H and O–H groups in total. The van der Waals surface area contributed by atoms with Crippen molar-refractivity contribution in [3.05, 3.63) is 35.4 Å². The first-order valence-corrected chi connectivity index (χ1v) is 8.88. The molecule has 4 heteroatoms. The summed E-state index contributed by atoms with van der Waals surface area (Å²) in [5.41, 5.74) is 2.52. The minimum atomic E-state index is -2.89. The van der Waals surface area contributed by atoms with Gasteiger partial charge in [-0.15, -0.1) is 0 Å². The Bertz CT molecular complexity index is 507. The monoisotopic (exact) mass is 281 g/mol. The molecule has 1 aliphatic rings. The van der Waals surface area contributed by atoms with Gasteiger partial charge in [-0.3, -0.25) is 0 Å². The van der Waals surface area contributed by atoms with Crippen LogP contribution in [0.2, 0.25) is 0 Å². The Balaban J connectivity index is 1.87. The van der Waals surface area contributed by atoms with E-state index in [-0.39, 0.29) is 5.25 Å². The van der Waals surface area contributed by atoms with Crippen molar-refractivity contribution in [2.24, 2.45) is 0 Å². The summed E-state index contributed by atoms with van der Waals surface area (Å²) in [6.45, 7) is 2.90. The number of benzene rings is 1. The smallest absolute Gasteiger partial charge is 0.150 e. The van der Waals surface area contributed by atoms with Crippen molar-refractivity contribution >= 4 is 9.84 Å². The Morgan fingerprint density at radius 3 is 2.53 bits per heavy atom. The summed E-state index contributed by atoms with van der Waals surface area (Å²) in [6, 6.07) is 8.79. The van der Waals surface area contributed by atoms with Gasteiger partial charge in [-0.05, 0) is 31.7 Å². The number of rotatable bonds is 4. The average Bonchev–Trinajstić information content (AvgIpc) is 2.37. The fourth-order valence-corrected chi connectivity index (χ4v) is 3.86. The number of aryl methyl sites for hydroxylation is 1. The molecule has 1 aromatic carbocycles. The van der Waals surface area contributed by atoms with E-state index >= 15 is 0 Å². The molecule has 2 rings (SSSR count). The zero-order chi connectivity index (χ0) is 13.9. The van der Waals surface area contributed by atoms with Gasteiger partial charge in [0.1, 0.15) is 9.84 Å². The first kappa shape index (κ1) is 14.5. The fraction of sp³-hybridized carbons (Fsp3) is 0.600. The molecule has 1 fully saturated rings. The van der Waals surface area contributed by atoms with E-state index in [1.165, 1.54) is 17.4 Å². The molecule has 0 heterocycles. The zero-order valence-corrected chi connectivity index (χ0v) is 12.5. The van der Waals surface area contributed by atoms with E-state index < -0.39 is 9.84 Å². The largest absolute Gasteiger partial charge is 0.310 e. The number of hydrogen-bond donors (Lipinski definition) is 1. The van der Waals surface area contributed by atoms with Gasteiger partial charge < -0.3 is 5.32 Å². The summed E-state index contributed by atoms with van der Waals surface area (Å²) in [4.78, 5) is 0. The summed E-state index contributed by atoms with van der Waals surface area (Å²) in [7, 11) is -2.89. The Labute approximate surface area is 116 Å². The Morgan fingerprint density at radius 1 is 1.21 bits per heavy atom. The van der Waals surface area contributed by atoms with Gasteiger partial charge in [-0.25, -0.2) is 8.42 Å². The normalized spacial score (nSPS) is 24.3. The summed E-state index contributed by atoms with van der Waals surface area (Å²) in [6.07, 6.45) is 5.02. The summed E-state index contributed by atoms with van der Waals surface area (Å²) >= 11 is 0. The molecule has 1 aromatic rings. The van der Waals surface area contributed by atoms with Crippen molar-refractivity contribution in [3.63, 3.8) is 0 Å². The van der Waals surface area contributed by atoms with Crippen molar-refractivity contribution in [3.8, 4) is 0 Å². The molecule has 1 saturated carbocycles. The number of sulfone groups is 1. The van der Waals surface area contributed by atoms with Gasteiger partial charge in [0.25, 0.3) is 0 Å². The molecule has 0 saturated heterocycles. The van der Waals surface area contributed by atoms with Gasteiger partial charge in [0.05, 0.1) is 5.25 Å². The maximum atomic E-state index is 11.6. The van der Waals surface area contributed by atoms with E-state index in [0.717, 1.165) is 32.2 Å². The van der Waals surface area contributed by atoms with E-state index in [2.05, 4.69) is 36.5 Å². The first-order chi connectivity index (χ1) is 8.95. The van der Waals surface area contributed by atoms with Gasteiger partial charge in [0.15, 0.2) is 0 Å². The van der Waals surface area contributed by atoms with Gasteiger partial charge >= 0.3 is 0 Å². The van der Waals surface area contributed by atoms with Crippen LogP contribution >= 0.6 is 0 Å². The molecule has 2 atom stereocenters.